The van der Waals surface area contributed by atoms with Crippen molar-refractivity contribution in [1.82, 2.24) is 0 Å². The van der Waals surface area contributed by atoms with E-state index in [1.165, 1.54) is 0 Å². The average Bonchev–Trinajstić information content (AvgIpc) is 1.88. The van der Waals surface area contributed by atoms with Crippen molar-refractivity contribution in [3.63, 3.8) is 0 Å². The van der Waals surface area contributed by atoms with Crippen LogP contribution in [0.25, 0.3) is 0 Å². The van der Waals surface area contributed by atoms with Gasteiger partial charge in [0.2, 0.25) is 0 Å². The molecule has 0 heterocycles. The normalized spacial score (nSPS) is 8.36. The third kappa shape index (κ3) is 3.81. The Labute approximate surface area is 75.7 Å². The second kappa shape index (κ2) is 4.94. The predicted octanol–water partition coefficient (Wildman–Crippen LogP) is 0.398. The Balaban J connectivity index is 0.000001000. The zero-order chi connectivity index (χ0) is 7.40. The summed E-state index contributed by atoms with van der Waals surface area (Å²) < 4.78 is 0. The summed E-state index contributed by atoms with van der Waals surface area (Å²) in [6.07, 6.45) is 0.112. The van der Waals surface area contributed by atoms with Crippen LogP contribution in [0.1, 0.15) is 5.56 Å². The first-order valence-corrected chi connectivity index (χ1v) is 3.05. The van der Waals surface area contributed by atoms with Crippen molar-refractivity contribution in [1.29, 1.82) is 0 Å². The molecule has 0 saturated carbocycles. The molecule has 0 aliphatic carbocycles. The van der Waals surface area contributed by atoms with E-state index in [4.69, 9.17) is 5.11 Å². The van der Waals surface area contributed by atoms with Crippen LogP contribution in [0.5, 0.6) is 0 Å². The Morgan fingerprint density at radius 1 is 1.27 bits per heavy atom. The fourth-order valence-electron chi connectivity index (χ4n) is 0.770. The molecule has 0 saturated heterocycles. The van der Waals surface area contributed by atoms with Crippen LogP contribution < -0.4 is 0 Å². The van der Waals surface area contributed by atoms with Gasteiger partial charge < -0.3 is 5.11 Å². The van der Waals surface area contributed by atoms with E-state index in [1.54, 1.807) is 12.1 Å². The summed E-state index contributed by atoms with van der Waals surface area (Å²) in [6.45, 7) is 0. The third-order valence-electron chi connectivity index (χ3n) is 1.20. The summed E-state index contributed by atoms with van der Waals surface area (Å²) in [5.41, 5.74) is 0.843. The summed E-state index contributed by atoms with van der Waals surface area (Å²) in [7, 11) is 0. The zero-order valence-corrected chi connectivity index (χ0v) is 8.05. The van der Waals surface area contributed by atoms with Crippen LogP contribution in [0.15, 0.2) is 30.3 Å². The second-order valence-electron chi connectivity index (χ2n) is 2.06. The maximum atomic E-state index is 10.2. The molecule has 11 heavy (non-hydrogen) atoms. The summed E-state index contributed by atoms with van der Waals surface area (Å²) in [5, 5.41) is 8.37. The molecule has 0 spiro atoms. The van der Waals surface area contributed by atoms with Crippen molar-refractivity contribution < 1.29 is 9.90 Å². The molecule has 0 fully saturated rings. The monoisotopic (exact) mass is 218 g/mol. The number of carbonyl (C=O) groups is 1. The summed E-state index contributed by atoms with van der Waals surface area (Å²) in [4.78, 5) is 10.2. The predicted molar refractivity (Wildman–Crippen MR) is 46.3 cm³/mol. The van der Waals surface area contributed by atoms with Gasteiger partial charge in [-0.3, -0.25) is 4.79 Å². The fraction of sp³-hybridized carbons (Fsp3) is 0.125. The Morgan fingerprint density at radius 3 is 2.27 bits per heavy atom. The van der Waals surface area contributed by atoms with Crippen molar-refractivity contribution in [2.75, 3.05) is 0 Å². The van der Waals surface area contributed by atoms with Crippen molar-refractivity contribution >= 4 is 23.0 Å². The Hall–Kier alpha value is -0.791. The van der Waals surface area contributed by atoms with Crippen molar-refractivity contribution in [2.45, 2.75) is 6.42 Å². The molecule has 1 aromatic carbocycles. The molecule has 0 amide bonds. The molecule has 0 radical (unpaired) electrons. The number of rotatable bonds is 2. The van der Waals surface area contributed by atoms with Crippen LogP contribution in [-0.4, -0.2) is 28.1 Å². The van der Waals surface area contributed by atoms with Gasteiger partial charge in [0, 0.05) is 0 Å². The third-order valence-corrected chi connectivity index (χ3v) is 1.20. The fourth-order valence-corrected chi connectivity index (χ4v) is 0.770. The van der Waals surface area contributed by atoms with Gasteiger partial charge in [0.1, 0.15) is 0 Å². The van der Waals surface area contributed by atoms with Gasteiger partial charge in [-0.2, -0.15) is 0 Å². The quantitative estimate of drug-likeness (QED) is 0.728. The molecule has 0 aliphatic rings. The van der Waals surface area contributed by atoms with Crippen LogP contribution in [0.4, 0.5) is 0 Å². The molecule has 0 aromatic heterocycles. The molecule has 0 aliphatic heterocycles. The number of hydrogen-bond acceptors (Lipinski definition) is 1. The van der Waals surface area contributed by atoms with Gasteiger partial charge in [-0.15, -0.1) is 0 Å². The molecule has 2 nitrogen and oxygen atoms in total. The van der Waals surface area contributed by atoms with E-state index in [2.05, 4.69) is 0 Å². The second-order valence-corrected chi connectivity index (χ2v) is 2.06. The zero-order valence-electron chi connectivity index (χ0n) is 5.95. The van der Waals surface area contributed by atoms with Gasteiger partial charge >= 0.3 is 23.0 Å². The van der Waals surface area contributed by atoms with Gasteiger partial charge in [-0.25, -0.2) is 0 Å². The molecule has 1 aromatic rings. The maximum absolute atomic E-state index is 10.2. The van der Waals surface area contributed by atoms with E-state index in [-0.39, 0.29) is 23.5 Å². The molecule has 60 valence electrons. The van der Waals surface area contributed by atoms with Gasteiger partial charge in [0.05, 0.1) is 6.42 Å². The van der Waals surface area contributed by atoms with E-state index >= 15 is 0 Å². The minimum atomic E-state index is -0.786. The number of benzene rings is 1. The molecule has 1 rings (SSSR count). The first-order chi connectivity index (χ1) is 4.79. The van der Waals surface area contributed by atoms with E-state index in [9.17, 15) is 4.79 Å². The first-order valence-electron chi connectivity index (χ1n) is 3.05. The van der Waals surface area contributed by atoms with E-state index in [0.29, 0.717) is 0 Å². The van der Waals surface area contributed by atoms with Crippen molar-refractivity contribution in [3.05, 3.63) is 35.9 Å². The number of carboxylic acids is 1. The molecule has 0 atom stereocenters. The molecule has 0 bridgehead atoms. The summed E-state index contributed by atoms with van der Waals surface area (Å²) >= 11 is 0. The van der Waals surface area contributed by atoms with E-state index in [1.807, 2.05) is 18.2 Å². The Morgan fingerprint density at radius 2 is 1.82 bits per heavy atom. The van der Waals surface area contributed by atoms with Gasteiger partial charge in [-0.05, 0) is 5.56 Å². The Bertz CT molecular complexity index is 221. The van der Waals surface area contributed by atoms with Crippen LogP contribution >= 0.6 is 0 Å². The van der Waals surface area contributed by atoms with Gasteiger partial charge in [0.25, 0.3) is 0 Å². The minimum absolute atomic E-state index is 0. The summed E-state index contributed by atoms with van der Waals surface area (Å²) in [5.74, 6) is -0.786. The average molecular weight is 217 g/mol. The van der Waals surface area contributed by atoms with Crippen LogP contribution in [-0.2, 0) is 11.2 Å². The number of carboxylic acid groups (broad SMARTS) is 1. The molecular weight excluding hydrogens is 207 g/mol. The number of hydrogen-bond donors (Lipinski definition) is 1. The number of aliphatic carboxylic acids is 1. The van der Waals surface area contributed by atoms with Crippen molar-refractivity contribution in [2.24, 2.45) is 0 Å². The van der Waals surface area contributed by atoms with Gasteiger partial charge in [-0.1, -0.05) is 30.3 Å². The van der Waals surface area contributed by atoms with Crippen LogP contribution in [0.2, 0.25) is 0 Å². The van der Waals surface area contributed by atoms with E-state index < -0.39 is 5.97 Å². The molecule has 0 unspecified atom stereocenters. The van der Waals surface area contributed by atoms with E-state index in [0.717, 1.165) is 5.56 Å². The molecule has 3 heteroatoms. The molecular formula is C8H10O2Se. The van der Waals surface area contributed by atoms with Crippen LogP contribution in [0.3, 0.4) is 0 Å². The van der Waals surface area contributed by atoms with Crippen LogP contribution in [0, 0.1) is 0 Å². The summed E-state index contributed by atoms with van der Waals surface area (Å²) in [6, 6.07) is 9.13. The topological polar surface area (TPSA) is 37.3 Å². The molecule has 1 N–H and O–H groups in total. The first kappa shape index (κ1) is 10.2. The van der Waals surface area contributed by atoms with Gasteiger partial charge in [0.15, 0.2) is 0 Å². The SMILES string of the molecule is O=C(O)Cc1ccccc1.[SeH2]. The standard InChI is InChI=1S/C8H8O2.H2Se/c9-8(10)6-7-4-2-1-3-5-7;/h1-5H,6H2,(H,9,10);1H2. The Kier molecular flexibility index (Phi) is 4.58. The van der Waals surface area contributed by atoms with Crippen molar-refractivity contribution in [3.8, 4) is 0 Å².